The van der Waals surface area contributed by atoms with E-state index in [9.17, 15) is 5.26 Å². The smallest absolute Gasteiger partial charge is 0.147 e. The predicted octanol–water partition coefficient (Wildman–Crippen LogP) is 2.82. The molecule has 3 rings (SSSR count). The number of fused-ring (bicyclic) bond motifs is 1. The molecule has 0 amide bonds. The van der Waals surface area contributed by atoms with Crippen molar-refractivity contribution in [2.75, 3.05) is 11.4 Å². The Morgan fingerprint density at radius 3 is 3.00 bits per heavy atom. The number of hydrogen-bond acceptors (Lipinski definition) is 3. The molecule has 1 unspecified atom stereocenters. The summed E-state index contributed by atoms with van der Waals surface area (Å²) in [7, 11) is 0. The van der Waals surface area contributed by atoms with Crippen molar-refractivity contribution in [2.45, 2.75) is 51.5 Å². The van der Waals surface area contributed by atoms with Gasteiger partial charge in [-0.05, 0) is 57.1 Å². The van der Waals surface area contributed by atoms with Gasteiger partial charge >= 0.3 is 0 Å². The van der Waals surface area contributed by atoms with Gasteiger partial charge in [-0.25, -0.2) is 4.98 Å². The van der Waals surface area contributed by atoms with Gasteiger partial charge in [0.15, 0.2) is 0 Å². The molecule has 0 saturated carbocycles. The lowest BCUT2D eigenvalue weighted by atomic mass is 10.0. The maximum Gasteiger partial charge on any atom is 0.147 e. The number of piperidine rings is 1. The van der Waals surface area contributed by atoms with Crippen molar-refractivity contribution in [3.05, 3.63) is 22.9 Å². The Morgan fingerprint density at radius 2 is 2.22 bits per heavy atom. The molecule has 1 aromatic rings. The molecule has 2 aliphatic rings. The third-order valence-corrected chi connectivity index (χ3v) is 4.23. The quantitative estimate of drug-likeness (QED) is 0.759. The maximum atomic E-state index is 9.35. The second-order valence-corrected chi connectivity index (χ2v) is 5.47. The van der Waals surface area contributed by atoms with Crippen LogP contribution in [0.4, 0.5) is 5.82 Å². The molecule has 18 heavy (non-hydrogen) atoms. The summed E-state index contributed by atoms with van der Waals surface area (Å²) < 4.78 is 0. The van der Waals surface area contributed by atoms with Crippen molar-refractivity contribution in [3.8, 4) is 6.07 Å². The number of anilines is 1. The van der Waals surface area contributed by atoms with Crippen molar-refractivity contribution in [3.63, 3.8) is 0 Å². The molecule has 1 aliphatic carbocycles. The Balaban J connectivity index is 2.02. The fraction of sp³-hybridized carbons (Fsp3) is 0.600. The van der Waals surface area contributed by atoms with E-state index in [1.54, 1.807) is 0 Å². The number of aryl methyl sites for hydroxylation is 2. The van der Waals surface area contributed by atoms with Crippen LogP contribution in [0.1, 0.15) is 49.4 Å². The number of aromatic nitrogens is 1. The summed E-state index contributed by atoms with van der Waals surface area (Å²) in [5.41, 5.74) is 3.28. The zero-order valence-corrected chi connectivity index (χ0v) is 10.9. The molecular weight excluding hydrogens is 222 g/mol. The van der Waals surface area contributed by atoms with Crippen molar-refractivity contribution in [1.29, 1.82) is 5.26 Å². The summed E-state index contributed by atoms with van der Waals surface area (Å²) >= 11 is 0. The van der Waals surface area contributed by atoms with Crippen LogP contribution in [-0.2, 0) is 12.8 Å². The van der Waals surface area contributed by atoms with Gasteiger partial charge in [-0.1, -0.05) is 0 Å². The highest BCUT2D eigenvalue weighted by Crippen LogP contribution is 2.30. The lowest BCUT2D eigenvalue weighted by Crippen LogP contribution is -2.38. The van der Waals surface area contributed by atoms with Crippen LogP contribution in [0, 0.1) is 11.3 Å². The van der Waals surface area contributed by atoms with Gasteiger partial charge in [0.2, 0.25) is 0 Å². The molecule has 1 atom stereocenters. The van der Waals surface area contributed by atoms with E-state index in [1.807, 2.05) is 0 Å². The summed E-state index contributed by atoms with van der Waals surface area (Å²) in [6.07, 6.45) is 7.08. The molecular formula is C15H19N3. The minimum absolute atomic E-state index is 0.512. The predicted molar refractivity (Wildman–Crippen MR) is 71.6 cm³/mol. The monoisotopic (exact) mass is 241 g/mol. The molecule has 0 aromatic carbocycles. The Morgan fingerprint density at radius 1 is 1.33 bits per heavy atom. The highest BCUT2D eigenvalue weighted by atomic mass is 15.2. The molecule has 1 aliphatic heterocycles. The van der Waals surface area contributed by atoms with Gasteiger partial charge in [-0.2, -0.15) is 5.26 Å². The van der Waals surface area contributed by atoms with Crippen LogP contribution < -0.4 is 4.90 Å². The molecule has 94 valence electrons. The zero-order valence-electron chi connectivity index (χ0n) is 10.9. The standard InChI is InChI=1S/C15H19N3/c1-11-5-2-3-8-18(11)15-13(10-16)9-12-6-4-7-14(12)17-15/h9,11H,2-8H2,1H3. The van der Waals surface area contributed by atoms with Gasteiger partial charge in [0.25, 0.3) is 0 Å². The Kier molecular flexibility index (Phi) is 2.95. The molecule has 0 radical (unpaired) electrons. The van der Waals surface area contributed by atoms with Crippen molar-refractivity contribution in [2.24, 2.45) is 0 Å². The maximum absolute atomic E-state index is 9.35. The lowest BCUT2D eigenvalue weighted by molar-refractivity contribution is 0.480. The van der Waals surface area contributed by atoms with E-state index in [0.29, 0.717) is 6.04 Å². The highest BCUT2D eigenvalue weighted by Gasteiger charge is 2.24. The lowest BCUT2D eigenvalue weighted by Gasteiger charge is -2.35. The minimum atomic E-state index is 0.512. The van der Waals surface area contributed by atoms with E-state index in [-0.39, 0.29) is 0 Å². The van der Waals surface area contributed by atoms with E-state index in [4.69, 9.17) is 4.98 Å². The van der Waals surface area contributed by atoms with Gasteiger partial charge in [0.05, 0.1) is 5.56 Å². The Hall–Kier alpha value is -1.56. The third kappa shape index (κ3) is 1.86. The topological polar surface area (TPSA) is 39.9 Å². The first-order valence-corrected chi connectivity index (χ1v) is 6.99. The molecule has 2 heterocycles. The van der Waals surface area contributed by atoms with Crippen LogP contribution in [0.15, 0.2) is 6.07 Å². The molecule has 0 bridgehead atoms. The number of nitriles is 1. The molecule has 0 N–H and O–H groups in total. The number of nitrogens with zero attached hydrogens (tertiary/aromatic N) is 3. The van der Waals surface area contributed by atoms with Gasteiger partial charge in [0.1, 0.15) is 11.9 Å². The Bertz CT molecular complexity index is 501. The van der Waals surface area contributed by atoms with E-state index in [2.05, 4.69) is 24.0 Å². The molecule has 1 aromatic heterocycles. The molecule has 1 fully saturated rings. The largest absolute Gasteiger partial charge is 0.353 e. The fourth-order valence-electron chi connectivity index (χ4n) is 3.18. The minimum Gasteiger partial charge on any atom is -0.353 e. The van der Waals surface area contributed by atoms with E-state index < -0.39 is 0 Å². The summed E-state index contributed by atoms with van der Waals surface area (Å²) in [6, 6.07) is 4.93. The Labute approximate surface area is 108 Å². The second kappa shape index (κ2) is 4.61. The summed E-state index contributed by atoms with van der Waals surface area (Å²) in [5, 5.41) is 9.35. The van der Waals surface area contributed by atoms with Crippen LogP contribution in [0.2, 0.25) is 0 Å². The molecule has 0 spiro atoms. The summed E-state index contributed by atoms with van der Waals surface area (Å²) in [4.78, 5) is 7.14. The molecule has 3 nitrogen and oxygen atoms in total. The van der Waals surface area contributed by atoms with Crippen LogP contribution in [0.5, 0.6) is 0 Å². The highest BCUT2D eigenvalue weighted by molar-refractivity contribution is 5.57. The van der Waals surface area contributed by atoms with Crippen LogP contribution in [0.3, 0.4) is 0 Å². The first-order chi connectivity index (χ1) is 8.79. The van der Waals surface area contributed by atoms with E-state index in [1.165, 1.54) is 36.9 Å². The number of pyridine rings is 1. The van der Waals surface area contributed by atoms with Crippen LogP contribution in [-0.4, -0.2) is 17.6 Å². The first-order valence-electron chi connectivity index (χ1n) is 6.99. The third-order valence-electron chi connectivity index (χ3n) is 4.23. The average molecular weight is 241 g/mol. The molecule has 3 heteroatoms. The van der Waals surface area contributed by atoms with Crippen molar-refractivity contribution in [1.82, 2.24) is 4.98 Å². The van der Waals surface area contributed by atoms with E-state index in [0.717, 1.165) is 30.8 Å². The normalized spacial score (nSPS) is 22.7. The van der Waals surface area contributed by atoms with Gasteiger partial charge in [-0.15, -0.1) is 0 Å². The van der Waals surface area contributed by atoms with Crippen LogP contribution >= 0.6 is 0 Å². The first kappa shape index (κ1) is 11.5. The number of hydrogen-bond donors (Lipinski definition) is 0. The van der Waals surface area contributed by atoms with Gasteiger partial charge < -0.3 is 4.90 Å². The zero-order chi connectivity index (χ0) is 12.5. The SMILES string of the molecule is CC1CCCCN1c1nc2c(cc1C#N)CCC2. The van der Waals surface area contributed by atoms with E-state index >= 15 is 0 Å². The summed E-state index contributed by atoms with van der Waals surface area (Å²) in [5.74, 6) is 0.936. The van der Waals surface area contributed by atoms with Gasteiger partial charge in [0, 0.05) is 18.3 Å². The number of rotatable bonds is 1. The van der Waals surface area contributed by atoms with Crippen molar-refractivity contribution >= 4 is 5.82 Å². The second-order valence-electron chi connectivity index (χ2n) is 5.47. The average Bonchev–Trinajstić information content (AvgIpc) is 2.85. The van der Waals surface area contributed by atoms with Gasteiger partial charge in [-0.3, -0.25) is 0 Å². The summed E-state index contributed by atoms with van der Waals surface area (Å²) in [6.45, 7) is 3.29. The van der Waals surface area contributed by atoms with Crippen molar-refractivity contribution < 1.29 is 0 Å². The molecule has 1 saturated heterocycles. The van der Waals surface area contributed by atoms with Crippen LogP contribution in [0.25, 0.3) is 0 Å². The fourth-order valence-corrected chi connectivity index (χ4v) is 3.18.